The van der Waals surface area contributed by atoms with E-state index in [9.17, 15) is 4.79 Å². The van der Waals surface area contributed by atoms with E-state index in [1.54, 1.807) is 12.5 Å². The van der Waals surface area contributed by atoms with Gasteiger partial charge < -0.3 is 4.57 Å². The highest BCUT2D eigenvalue weighted by atomic mass is 32.1. The number of thiol groups is 1. The van der Waals surface area contributed by atoms with E-state index in [2.05, 4.69) is 36.7 Å². The third-order valence-electron chi connectivity index (χ3n) is 4.08. The van der Waals surface area contributed by atoms with Crippen LogP contribution >= 0.6 is 12.6 Å². The topological polar surface area (TPSA) is 34.9 Å². The van der Waals surface area contributed by atoms with E-state index in [4.69, 9.17) is 0 Å². The van der Waals surface area contributed by atoms with Crippen molar-refractivity contribution in [3.63, 3.8) is 0 Å². The van der Waals surface area contributed by atoms with Gasteiger partial charge in [-0.3, -0.25) is 4.79 Å². The number of rotatable bonds is 5. The fourth-order valence-electron chi connectivity index (χ4n) is 2.94. The molecular formula is C19H18N2OS. The number of imidazole rings is 1. The maximum Gasteiger partial charge on any atom is 0.216 e. The standard InChI is InChI=1S/C19H18N2OS/c1-14-6-2-3-7-15(14)18(12-21-11-10-20-13-21)16-8-4-5-9-17(16)19(22)23/h2-11,13,18H,12H2,1H3,(H,22,23). The molecule has 0 amide bonds. The molecule has 3 nitrogen and oxygen atoms in total. The third-order valence-corrected chi connectivity index (χ3v) is 4.32. The van der Waals surface area contributed by atoms with Crippen LogP contribution in [0.25, 0.3) is 0 Å². The molecule has 3 rings (SSSR count). The second kappa shape index (κ2) is 6.84. The van der Waals surface area contributed by atoms with E-state index < -0.39 is 0 Å². The zero-order valence-corrected chi connectivity index (χ0v) is 13.8. The summed E-state index contributed by atoms with van der Waals surface area (Å²) < 4.78 is 2.04. The van der Waals surface area contributed by atoms with Crippen molar-refractivity contribution in [2.45, 2.75) is 19.4 Å². The summed E-state index contributed by atoms with van der Waals surface area (Å²) in [6.45, 7) is 2.82. The minimum atomic E-state index is -0.204. The zero-order chi connectivity index (χ0) is 16.2. The summed E-state index contributed by atoms with van der Waals surface area (Å²) in [6, 6.07) is 16.0. The van der Waals surface area contributed by atoms with Gasteiger partial charge >= 0.3 is 0 Å². The first-order valence-corrected chi connectivity index (χ1v) is 7.95. The molecule has 0 aliphatic rings. The number of carbonyl (C=O) groups excluding carboxylic acids is 1. The SMILES string of the molecule is Cc1ccccc1C(Cn1ccnc1)c1ccccc1C(=O)S. The quantitative estimate of drug-likeness (QED) is 0.718. The summed E-state index contributed by atoms with van der Waals surface area (Å²) in [7, 11) is 0. The van der Waals surface area contributed by atoms with Crippen LogP contribution in [0, 0.1) is 6.92 Å². The van der Waals surface area contributed by atoms with Crippen molar-refractivity contribution in [3.8, 4) is 0 Å². The molecule has 1 unspecified atom stereocenters. The largest absolute Gasteiger partial charge is 0.337 e. The molecule has 1 atom stereocenters. The van der Waals surface area contributed by atoms with Crippen molar-refractivity contribution in [1.29, 1.82) is 0 Å². The van der Waals surface area contributed by atoms with Crippen LogP contribution in [-0.2, 0) is 6.54 Å². The molecule has 3 aromatic rings. The second-order valence-corrected chi connectivity index (χ2v) is 5.97. The van der Waals surface area contributed by atoms with Crippen LogP contribution in [0.15, 0.2) is 67.3 Å². The minimum absolute atomic E-state index is 0.0673. The normalized spacial score (nSPS) is 12.1. The van der Waals surface area contributed by atoms with Crippen molar-refractivity contribution in [2.75, 3.05) is 0 Å². The van der Waals surface area contributed by atoms with Crippen LogP contribution in [0.3, 0.4) is 0 Å². The number of carbonyl (C=O) groups is 1. The first kappa shape index (κ1) is 15.6. The average Bonchev–Trinajstić information content (AvgIpc) is 3.06. The molecule has 0 saturated heterocycles. The number of hydrogen-bond acceptors (Lipinski definition) is 2. The van der Waals surface area contributed by atoms with Crippen molar-refractivity contribution in [2.24, 2.45) is 0 Å². The molecule has 1 aromatic heterocycles. The maximum atomic E-state index is 11.9. The van der Waals surface area contributed by atoms with Crippen LogP contribution in [0.2, 0.25) is 0 Å². The molecule has 0 bridgehead atoms. The van der Waals surface area contributed by atoms with E-state index in [0.29, 0.717) is 5.56 Å². The number of aromatic nitrogens is 2. The number of nitrogens with zero attached hydrogens (tertiary/aromatic N) is 2. The third kappa shape index (κ3) is 3.37. The Hall–Kier alpha value is -2.33. The molecule has 0 N–H and O–H groups in total. The predicted octanol–water partition coefficient (Wildman–Crippen LogP) is 4.09. The van der Waals surface area contributed by atoms with E-state index in [1.165, 1.54) is 11.1 Å². The highest BCUT2D eigenvalue weighted by molar-refractivity contribution is 7.97. The molecule has 0 aliphatic carbocycles. The Balaban J connectivity index is 2.13. The lowest BCUT2D eigenvalue weighted by atomic mass is 9.86. The highest BCUT2D eigenvalue weighted by Gasteiger charge is 2.21. The maximum absolute atomic E-state index is 11.9. The Labute approximate surface area is 141 Å². The first-order chi connectivity index (χ1) is 11.2. The van der Waals surface area contributed by atoms with E-state index in [0.717, 1.165) is 12.1 Å². The molecule has 0 spiro atoms. The molecule has 0 radical (unpaired) electrons. The Morgan fingerprint density at radius 2 is 1.83 bits per heavy atom. The Morgan fingerprint density at radius 1 is 1.13 bits per heavy atom. The Bertz CT molecular complexity index is 812. The van der Waals surface area contributed by atoms with Crippen molar-refractivity contribution in [1.82, 2.24) is 9.55 Å². The van der Waals surface area contributed by atoms with Gasteiger partial charge in [0.2, 0.25) is 5.12 Å². The Morgan fingerprint density at radius 3 is 2.48 bits per heavy atom. The molecule has 2 aromatic carbocycles. The van der Waals surface area contributed by atoms with Crippen LogP contribution in [0.1, 0.15) is 33.0 Å². The van der Waals surface area contributed by atoms with E-state index in [1.807, 2.05) is 47.2 Å². The van der Waals surface area contributed by atoms with Gasteiger partial charge in [-0.2, -0.15) is 0 Å². The summed E-state index contributed by atoms with van der Waals surface area (Å²) in [6.07, 6.45) is 5.51. The van der Waals surface area contributed by atoms with Gasteiger partial charge in [0.05, 0.1) is 6.33 Å². The molecule has 0 saturated carbocycles. The van der Waals surface area contributed by atoms with Gasteiger partial charge in [-0.15, -0.1) is 12.6 Å². The number of hydrogen-bond donors (Lipinski definition) is 1. The summed E-state index contributed by atoms with van der Waals surface area (Å²) in [5.41, 5.74) is 4.07. The first-order valence-electron chi connectivity index (χ1n) is 7.50. The van der Waals surface area contributed by atoms with E-state index in [-0.39, 0.29) is 11.0 Å². The number of benzene rings is 2. The molecular weight excluding hydrogens is 304 g/mol. The Kier molecular flexibility index (Phi) is 4.63. The van der Waals surface area contributed by atoms with E-state index >= 15 is 0 Å². The molecule has 23 heavy (non-hydrogen) atoms. The molecule has 116 valence electrons. The fraction of sp³-hybridized carbons (Fsp3) is 0.158. The summed E-state index contributed by atoms with van der Waals surface area (Å²) >= 11 is 4.05. The van der Waals surface area contributed by atoms with Crippen LogP contribution in [-0.4, -0.2) is 14.7 Å². The van der Waals surface area contributed by atoms with Gasteiger partial charge in [0.15, 0.2) is 0 Å². The van der Waals surface area contributed by atoms with Crippen molar-refractivity contribution >= 4 is 17.7 Å². The van der Waals surface area contributed by atoms with Gasteiger partial charge in [0.1, 0.15) is 0 Å². The highest BCUT2D eigenvalue weighted by Crippen LogP contribution is 2.31. The van der Waals surface area contributed by atoms with Crippen LogP contribution < -0.4 is 0 Å². The molecule has 4 heteroatoms. The lowest BCUT2D eigenvalue weighted by Crippen LogP contribution is -2.14. The van der Waals surface area contributed by atoms with Gasteiger partial charge in [0, 0.05) is 30.4 Å². The molecule has 1 heterocycles. The molecule has 0 aliphatic heterocycles. The van der Waals surface area contributed by atoms with Crippen LogP contribution in [0.4, 0.5) is 0 Å². The van der Waals surface area contributed by atoms with Gasteiger partial charge in [-0.05, 0) is 23.6 Å². The number of aryl methyl sites for hydroxylation is 1. The smallest absolute Gasteiger partial charge is 0.216 e. The fourth-order valence-corrected chi connectivity index (χ4v) is 3.15. The summed E-state index contributed by atoms with van der Waals surface area (Å²) in [5, 5.41) is -0.204. The second-order valence-electron chi connectivity index (χ2n) is 5.56. The predicted molar refractivity (Wildman–Crippen MR) is 95.0 cm³/mol. The summed E-state index contributed by atoms with van der Waals surface area (Å²) in [4.78, 5) is 16.1. The van der Waals surface area contributed by atoms with Crippen molar-refractivity contribution < 1.29 is 4.79 Å². The van der Waals surface area contributed by atoms with Gasteiger partial charge in [-0.1, -0.05) is 48.5 Å². The average molecular weight is 322 g/mol. The van der Waals surface area contributed by atoms with Gasteiger partial charge in [-0.25, -0.2) is 4.98 Å². The van der Waals surface area contributed by atoms with Crippen LogP contribution in [0.5, 0.6) is 0 Å². The van der Waals surface area contributed by atoms with Gasteiger partial charge in [0.25, 0.3) is 0 Å². The monoisotopic (exact) mass is 322 g/mol. The lowest BCUT2D eigenvalue weighted by Gasteiger charge is -2.22. The van der Waals surface area contributed by atoms with Crippen molar-refractivity contribution in [3.05, 3.63) is 89.5 Å². The lowest BCUT2D eigenvalue weighted by molar-refractivity contribution is 0.109. The minimum Gasteiger partial charge on any atom is -0.337 e. The summed E-state index contributed by atoms with van der Waals surface area (Å²) in [5.74, 6) is 0.0673. The zero-order valence-electron chi connectivity index (χ0n) is 12.9. The molecule has 0 fully saturated rings.